The molecule has 1 aromatic rings. The second-order valence-corrected chi connectivity index (χ2v) is 6.09. The molecule has 1 amide bonds. The first-order valence-corrected chi connectivity index (χ1v) is 7.63. The fourth-order valence-corrected chi connectivity index (χ4v) is 2.13. The number of carboxylic acids is 1. The second kappa shape index (κ2) is 8.49. The number of carbonyl (C=O) groups is 2. The zero-order valence-corrected chi connectivity index (χ0v) is 14.2. The summed E-state index contributed by atoms with van der Waals surface area (Å²) in [6.07, 6.45) is -0.853. The molecule has 0 saturated heterocycles. The monoisotopic (exact) mass is 358 g/mol. The third kappa shape index (κ3) is 5.69. The number of aliphatic carboxylic acids is 1. The summed E-state index contributed by atoms with van der Waals surface area (Å²) in [4.78, 5) is 33.6. The summed E-state index contributed by atoms with van der Waals surface area (Å²) >= 11 is 5.71. The van der Waals surface area contributed by atoms with E-state index in [2.05, 4.69) is 5.32 Å². The van der Waals surface area contributed by atoms with Gasteiger partial charge in [0.25, 0.3) is 5.91 Å². The summed E-state index contributed by atoms with van der Waals surface area (Å²) in [7, 11) is 0. The van der Waals surface area contributed by atoms with Crippen molar-refractivity contribution in [2.45, 2.75) is 39.3 Å². The molecule has 1 rings (SSSR count). The van der Waals surface area contributed by atoms with E-state index in [0.717, 1.165) is 6.07 Å². The highest BCUT2D eigenvalue weighted by atomic mass is 35.5. The highest BCUT2D eigenvalue weighted by Crippen LogP contribution is 2.30. The largest absolute Gasteiger partial charge is 0.480 e. The molecule has 0 spiro atoms. The molecule has 0 saturated carbocycles. The Morgan fingerprint density at radius 1 is 1.38 bits per heavy atom. The van der Waals surface area contributed by atoms with Crippen LogP contribution in [0.1, 0.15) is 27.2 Å². The molecule has 0 heterocycles. The first-order valence-electron chi connectivity index (χ1n) is 7.25. The molecule has 1 aromatic carbocycles. The van der Waals surface area contributed by atoms with E-state index in [1.54, 1.807) is 0 Å². The minimum Gasteiger partial charge on any atom is -0.480 e. The Hall–Kier alpha value is -2.35. The standard InChI is InChI=1S/C15H19ClN2O6/c1-8(2)6-11(15(20)21)17-14(19)9(3)24-13-5-4-10(16)7-12(13)18(22)23/h4-5,7-9,11H,6H2,1-3H3,(H,17,19)(H,20,21). The van der Waals surface area contributed by atoms with Gasteiger partial charge >= 0.3 is 11.7 Å². The average molecular weight is 359 g/mol. The van der Waals surface area contributed by atoms with Crippen LogP contribution in [0.3, 0.4) is 0 Å². The molecular formula is C15H19ClN2O6. The Morgan fingerprint density at radius 2 is 2.00 bits per heavy atom. The Bertz CT molecular complexity index is 634. The number of hydrogen-bond donors (Lipinski definition) is 2. The fourth-order valence-electron chi connectivity index (χ4n) is 1.96. The lowest BCUT2D eigenvalue weighted by Gasteiger charge is -2.20. The average Bonchev–Trinajstić information content (AvgIpc) is 2.47. The van der Waals surface area contributed by atoms with Crippen LogP contribution in [-0.4, -0.2) is 34.1 Å². The van der Waals surface area contributed by atoms with Gasteiger partial charge in [-0.3, -0.25) is 14.9 Å². The van der Waals surface area contributed by atoms with E-state index in [9.17, 15) is 19.7 Å². The minimum atomic E-state index is -1.15. The molecular weight excluding hydrogens is 340 g/mol. The normalized spacial score (nSPS) is 13.2. The molecule has 2 N–H and O–H groups in total. The van der Waals surface area contributed by atoms with E-state index in [1.165, 1.54) is 19.1 Å². The Morgan fingerprint density at radius 3 is 2.50 bits per heavy atom. The summed E-state index contributed by atoms with van der Waals surface area (Å²) in [6, 6.07) is 2.74. The number of amides is 1. The Kier molecular flexibility index (Phi) is 6.97. The molecule has 0 aromatic heterocycles. The van der Waals surface area contributed by atoms with Crippen molar-refractivity contribution in [3.63, 3.8) is 0 Å². The van der Waals surface area contributed by atoms with E-state index in [0.29, 0.717) is 0 Å². The van der Waals surface area contributed by atoms with Crippen LogP contribution in [0.25, 0.3) is 0 Å². The fraction of sp³-hybridized carbons (Fsp3) is 0.467. The zero-order chi connectivity index (χ0) is 18.4. The van der Waals surface area contributed by atoms with Gasteiger partial charge < -0.3 is 15.2 Å². The van der Waals surface area contributed by atoms with Gasteiger partial charge in [0.05, 0.1) is 4.92 Å². The number of hydrogen-bond acceptors (Lipinski definition) is 5. The lowest BCUT2D eigenvalue weighted by Crippen LogP contribution is -2.46. The molecule has 9 heteroatoms. The number of rotatable bonds is 8. The maximum atomic E-state index is 12.1. The number of nitro benzene ring substituents is 1. The van der Waals surface area contributed by atoms with Gasteiger partial charge in [0.15, 0.2) is 11.9 Å². The van der Waals surface area contributed by atoms with Crippen LogP contribution in [-0.2, 0) is 9.59 Å². The summed E-state index contributed by atoms with van der Waals surface area (Å²) < 4.78 is 5.30. The smallest absolute Gasteiger partial charge is 0.326 e. The van der Waals surface area contributed by atoms with E-state index < -0.39 is 28.9 Å². The van der Waals surface area contributed by atoms with Crippen LogP contribution in [0.5, 0.6) is 5.75 Å². The predicted molar refractivity (Wildman–Crippen MR) is 87.2 cm³/mol. The van der Waals surface area contributed by atoms with E-state index >= 15 is 0 Å². The van der Waals surface area contributed by atoms with Gasteiger partial charge in [0, 0.05) is 11.1 Å². The summed E-state index contributed by atoms with van der Waals surface area (Å²) in [6.45, 7) is 5.04. The highest BCUT2D eigenvalue weighted by Gasteiger charge is 2.26. The summed E-state index contributed by atoms with van der Waals surface area (Å²) in [5, 5.41) is 22.7. The highest BCUT2D eigenvalue weighted by molar-refractivity contribution is 6.30. The molecule has 2 unspecified atom stereocenters. The van der Waals surface area contributed by atoms with Gasteiger partial charge in [-0.1, -0.05) is 25.4 Å². The van der Waals surface area contributed by atoms with Crippen LogP contribution in [0.4, 0.5) is 5.69 Å². The summed E-state index contributed by atoms with van der Waals surface area (Å²) in [5.74, 6) is -1.88. The quantitative estimate of drug-likeness (QED) is 0.544. The van der Waals surface area contributed by atoms with Gasteiger partial charge in [-0.2, -0.15) is 0 Å². The third-order valence-corrected chi connectivity index (χ3v) is 3.35. The Labute approximate surface area is 143 Å². The van der Waals surface area contributed by atoms with Crippen LogP contribution in [0.2, 0.25) is 5.02 Å². The number of benzene rings is 1. The maximum Gasteiger partial charge on any atom is 0.326 e. The minimum absolute atomic E-state index is 0.0694. The van der Waals surface area contributed by atoms with Crippen molar-refractivity contribution in [2.75, 3.05) is 0 Å². The van der Waals surface area contributed by atoms with E-state index in [-0.39, 0.29) is 28.8 Å². The van der Waals surface area contributed by atoms with Gasteiger partial charge in [0.2, 0.25) is 0 Å². The first kappa shape index (κ1) is 19.7. The molecule has 0 aliphatic rings. The number of carboxylic acid groups (broad SMARTS) is 1. The number of nitro groups is 1. The number of ether oxygens (including phenoxy) is 1. The molecule has 0 radical (unpaired) electrons. The number of nitrogens with zero attached hydrogens (tertiary/aromatic N) is 1. The van der Waals surface area contributed by atoms with Crippen molar-refractivity contribution < 1.29 is 24.4 Å². The number of nitrogens with one attached hydrogen (secondary N) is 1. The van der Waals surface area contributed by atoms with E-state index in [4.69, 9.17) is 21.4 Å². The van der Waals surface area contributed by atoms with Gasteiger partial charge in [-0.15, -0.1) is 0 Å². The van der Waals surface area contributed by atoms with Gasteiger partial charge in [0.1, 0.15) is 6.04 Å². The SMILES string of the molecule is CC(C)CC(NC(=O)C(C)Oc1ccc(Cl)cc1[N+](=O)[O-])C(=O)O. The van der Waals surface area contributed by atoms with Crippen molar-refractivity contribution in [3.8, 4) is 5.75 Å². The van der Waals surface area contributed by atoms with Crippen molar-refractivity contribution in [1.29, 1.82) is 0 Å². The Balaban J connectivity index is 2.84. The summed E-state index contributed by atoms with van der Waals surface area (Å²) in [5.41, 5.74) is -0.376. The molecule has 0 aliphatic carbocycles. The molecule has 24 heavy (non-hydrogen) atoms. The molecule has 0 fully saturated rings. The lowest BCUT2D eigenvalue weighted by atomic mass is 10.0. The molecule has 0 bridgehead atoms. The molecule has 132 valence electrons. The molecule has 2 atom stereocenters. The molecule has 0 aliphatic heterocycles. The van der Waals surface area contributed by atoms with Crippen LogP contribution in [0.15, 0.2) is 18.2 Å². The van der Waals surface area contributed by atoms with Gasteiger partial charge in [-0.25, -0.2) is 4.79 Å². The maximum absolute atomic E-state index is 12.1. The zero-order valence-electron chi connectivity index (χ0n) is 13.5. The van der Waals surface area contributed by atoms with E-state index in [1.807, 2.05) is 13.8 Å². The van der Waals surface area contributed by atoms with Crippen molar-refractivity contribution >= 4 is 29.2 Å². The van der Waals surface area contributed by atoms with Crippen molar-refractivity contribution in [1.82, 2.24) is 5.32 Å². The van der Waals surface area contributed by atoms with Crippen LogP contribution in [0, 0.1) is 16.0 Å². The molecule has 8 nitrogen and oxygen atoms in total. The van der Waals surface area contributed by atoms with Gasteiger partial charge in [-0.05, 0) is 31.4 Å². The first-order chi connectivity index (χ1) is 11.1. The van der Waals surface area contributed by atoms with Crippen molar-refractivity contribution in [2.24, 2.45) is 5.92 Å². The topological polar surface area (TPSA) is 119 Å². The lowest BCUT2D eigenvalue weighted by molar-refractivity contribution is -0.386. The predicted octanol–water partition coefficient (Wildman–Crippen LogP) is 2.63. The van der Waals surface area contributed by atoms with Crippen molar-refractivity contribution in [3.05, 3.63) is 33.3 Å². The third-order valence-electron chi connectivity index (χ3n) is 3.11. The van der Waals surface area contributed by atoms with Crippen LogP contribution < -0.4 is 10.1 Å². The number of carbonyl (C=O) groups excluding carboxylic acids is 1. The second-order valence-electron chi connectivity index (χ2n) is 5.66. The number of halogens is 1. The van der Waals surface area contributed by atoms with Crippen LogP contribution >= 0.6 is 11.6 Å².